The molecule has 0 radical (unpaired) electrons. The summed E-state index contributed by atoms with van der Waals surface area (Å²) >= 11 is 7.23. The Morgan fingerprint density at radius 3 is 2.64 bits per heavy atom. The number of thioether (sulfide) groups is 1. The fourth-order valence-corrected chi connectivity index (χ4v) is 3.88. The number of hydrogen-bond acceptors (Lipinski definition) is 5. The van der Waals surface area contributed by atoms with Crippen molar-refractivity contribution in [1.82, 2.24) is 19.9 Å². The largest absolute Gasteiger partial charge is 0.355 e. The predicted molar refractivity (Wildman–Crippen MR) is 98.8 cm³/mol. The Kier molecular flexibility index (Phi) is 4.71. The second-order valence-electron chi connectivity index (χ2n) is 5.87. The average Bonchev–Trinajstić information content (AvgIpc) is 3.05. The van der Waals surface area contributed by atoms with E-state index in [9.17, 15) is 9.59 Å². The van der Waals surface area contributed by atoms with Crippen LogP contribution in [-0.2, 0) is 0 Å². The van der Waals surface area contributed by atoms with Crippen molar-refractivity contribution in [3.63, 3.8) is 0 Å². The number of nitrogens with zero attached hydrogens (tertiary/aromatic N) is 2. The van der Waals surface area contributed by atoms with Gasteiger partial charge in [0, 0.05) is 17.5 Å². The molecule has 3 rings (SSSR count). The minimum absolute atomic E-state index is 0.0501. The molecular weight excluding hydrogens is 360 g/mol. The van der Waals surface area contributed by atoms with Crippen LogP contribution < -0.4 is 0 Å². The van der Waals surface area contributed by atoms with Crippen LogP contribution >= 0.6 is 23.4 Å². The third-order valence-corrected chi connectivity index (χ3v) is 5.17. The topological polar surface area (TPSA) is 91.5 Å². The van der Waals surface area contributed by atoms with Gasteiger partial charge in [0.2, 0.25) is 0 Å². The first kappa shape index (κ1) is 17.7. The molecular formula is C17H17ClN4O2S. The minimum Gasteiger partial charge on any atom is -0.355 e. The van der Waals surface area contributed by atoms with Crippen LogP contribution in [0.3, 0.4) is 0 Å². The molecule has 0 saturated heterocycles. The molecule has 2 N–H and O–H groups in total. The van der Waals surface area contributed by atoms with Gasteiger partial charge in [0.1, 0.15) is 0 Å². The summed E-state index contributed by atoms with van der Waals surface area (Å²) in [7, 11) is 0. The molecule has 25 heavy (non-hydrogen) atoms. The first-order chi connectivity index (χ1) is 11.8. The minimum atomic E-state index is -0.382. The van der Waals surface area contributed by atoms with Crippen molar-refractivity contribution in [1.29, 1.82) is 0 Å². The van der Waals surface area contributed by atoms with Crippen LogP contribution in [0.1, 0.15) is 46.0 Å². The molecule has 8 heteroatoms. The van der Waals surface area contributed by atoms with Gasteiger partial charge in [-0.1, -0.05) is 23.4 Å². The van der Waals surface area contributed by atoms with Gasteiger partial charge in [0.05, 0.1) is 21.5 Å². The molecule has 0 spiro atoms. The lowest BCUT2D eigenvalue weighted by Gasteiger charge is -2.08. The molecule has 3 aromatic heterocycles. The fraction of sp³-hybridized carbons (Fsp3) is 0.294. The normalized spacial score (nSPS) is 12.5. The van der Waals surface area contributed by atoms with Gasteiger partial charge < -0.3 is 9.97 Å². The van der Waals surface area contributed by atoms with E-state index in [0.717, 1.165) is 5.52 Å². The Morgan fingerprint density at radius 2 is 2.00 bits per heavy atom. The number of aryl methyl sites for hydroxylation is 1. The molecule has 0 bridgehead atoms. The van der Waals surface area contributed by atoms with Crippen molar-refractivity contribution in [2.75, 3.05) is 0 Å². The summed E-state index contributed by atoms with van der Waals surface area (Å²) in [6.45, 7) is 6.90. The van der Waals surface area contributed by atoms with Crippen LogP contribution in [-0.4, -0.2) is 36.8 Å². The van der Waals surface area contributed by atoms with Gasteiger partial charge >= 0.3 is 0 Å². The van der Waals surface area contributed by atoms with Crippen LogP contribution in [0.4, 0.5) is 0 Å². The van der Waals surface area contributed by atoms with Gasteiger partial charge in [0.15, 0.2) is 22.4 Å². The van der Waals surface area contributed by atoms with E-state index in [4.69, 9.17) is 11.6 Å². The predicted octanol–water partition coefficient (Wildman–Crippen LogP) is 4.12. The average molecular weight is 377 g/mol. The Bertz CT molecular complexity index is 992. The lowest BCUT2D eigenvalue weighted by molar-refractivity contribution is 0.0988. The van der Waals surface area contributed by atoms with E-state index in [1.165, 1.54) is 24.9 Å². The molecule has 0 aromatic carbocycles. The highest BCUT2D eigenvalue weighted by Gasteiger charge is 2.25. The summed E-state index contributed by atoms with van der Waals surface area (Å²) in [5.74, 6) is -0.129. The maximum absolute atomic E-state index is 12.8. The number of H-pyrrole nitrogens is 2. The number of halogens is 1. The summed E-state index contributed by atoms with van der Waals surface area (Å²) in [6.07, 6.45) is 1.53. The zero-order valence-corrected chi connectivity index (χ0v) is 15.8. The van der Waals surface area contributed by atoms with Crippen LogP contribution in [0, 0.1) is 13.8 Å². The Balaban J connectivity index is 1.85. The van der Waals surface area contributed by atoms with E-state index in [1.54, 1.807) is 19.9 Å². The zero-order valence-electron chi connectivity index (χ0n) is 14.2. The fourth-order valence-electron chi connectivity index (χ4n) is 2.86. The van der Waals surface area contributed by atoms with Crippen molar-refractivity contribution >= 4 is 46.1 Å². The summed E-state index contributed by atoms with van der Waals surface area (Å²) in [5, 5.41) is 0.733. The van der Waals surface area contributed by atoms with Gasteiger partial charge in [-0.05, 0) is 39.3 Å². The number of aromatic nitrogens is 4. The number of hydrogen-bond donors (Lipinski definition) is 2. The van der Waals surface area contributed by atoms with Crippen LogP contribution in [0.5, 0.6) is 0 Å². The van der Waals surface area contributed by atoms with Gasteiger partial charge in [-0.3, -0.25) is 9.59 Å². The maximum atomic E-state index is 12.8. The zero-order chi connectivity index (χ0) is 18.3. The van der Waals surface area contributed by atoms with Crippen molar-refractivity contribution < 1.29 is 9.59 Å². The van der Waals surface area contributed by atoms with E-state index < -0.39 is 0 Å². The second-order valence-corrected chi connectivity index (χ2v) is 7.64. The van der Waals surface area contributed by atoms with Crippen molar-refractivity contribution in [3.05, 3.63) is 39.8 Å². The number of ketones is 2. The number of aromatic amines is 2. The Labute approximate surface area is 153 Å². The molecule has 1 unspecified atom stereocenters. The number of pyridine rings is 1. The summed E-state index contributed by atoms with van der Waals surface area (Å²) in [6, 6.07) is 1.74. The van der Waals surface area contributed by atoms with E-state index in [2.05, 4.69) is 19.9 Å². The number of fused-ring (bicyclic) bond motifs is 1. The highest BCUT2D eigenvalue weighted by Crippen LogP contribution is 2.28. The molecule has 0 saturated carbocycles. The number of carbonyl (C=O) groups is 2. The molecule has 0 amide bonds. The molecule has 0 fully saturated rings. The van der Waals surface area contributed by atoms with Crippen LogP contribution in [0.15, 0.2) is 17.4 Å². The van der Waals surface area contributed by atoms with Crippen LogP contribution in [0.2, 0.25) is 5.02 Å². The number of Topliss-reactive ketones (excluding diaryl/α,β-unsaturated/α-hetero) is 2. The smallest absolute Gasteiger partial charge is 0.192 e. The SMILES string of the molecule is CC(=O)c1c(C)[nH]c(C(=O)C(C)Sc2nc3ncc(Cl)cc3[nH]2)c1C. The lowest BCUT2D eigenvalue weighted by atomic mass is 10.0. The third-order valence-electron chi connectivity index (χ3n) is 3.98. The van der Waals surface area contributed by atoms with Gasteiger partial charge in [-0.2, -0.15) is 0 Å². The second kappa shape index (κ2) is 6.65. The number of nitrogens with one attached hydrogen (secondary N) is 2. The summed E-state index contributed by atoms with van der Waals surface area (Å²) in [5.41, 5.74) is 3.74. The highest BCUT2D eigenvalue weighted by molar-refractivity contribution is 8.00. The Hall–Kier alpha value is -2.12. The monoisotopic (exact) mass is 376 g/mol. The quantitative estimate of drug-likeness (QED) is 0.516. The van der Waals surface area contributed by atoms with Crippen molar-refractivity contribution in [2.45, 2.75) is 38.1 Å². The van der Waals surface area contributed by atoms with E-state index in [-0.39, 0.29) is 16.8 Å². The third kappa shape index (κ3) is 3.34. The highest BCUT2D eigenvalue weighted by atomic mass is 35.5. The van der Waals surface area contributed by atoms with Crippen molar-refractivity contribution in [2.24, 2.45) is 0 Å². The molecule has 3 aromatic rings. The first-order valence-corrected chi connectivity index (χ1v) is 8.96. The Morgan fingerprint density at radius 1 is 1.28 bits per heavy atom. The van der Waals surface area contributed by atoms with E-state index >= 15 is 0 Å². The standard InChI is InChI=1S/C17H17ClN4O2S/c1-7-13(9(3)23)8(2)20-14(7)15(24)10(4)25-17-21-12-5-11(18)6-19-16(12)22-17/h5-6,10,20H,1-4H3,(H,19,21,22). The van der Waals surface area contributed by atoms with Gasteiger partial charge in [0.25, 0.3) is 0 Å². The van der Waals surface area contributed by atoms with Gasteiger partial charge in [-0.25, -0.2) is 9.97 Å². The molecule has 1 atom stereocenters. The molecule has 3 heterocycles. The number of rotatable bonds is 5. The molecule has 6 nitrogen and oxygen atoms in total. The van der Waals surface area contributed by atoms with E-state index in [1.807, 2.05) is 6.92 Å². The number of carbonyl (C=O) groups excluding carboxylic acids is 2. The molecule has 0 aliphatic carbocycles. The van der Waals surface area contributed by atoms with Crippen LogP contribution in [0.25, 0.3) is 11.2 Å². The molecule has 130 valence electrons. The van der Waals surface area contributed by atoms with Crippen molar-refractivity contribution in [3.8, 4) is 0 Å². The first-order valence-electron chi connectivity index (χ1n) is 7.70. The molecule has 0 aliphatic heterocycles. The van der Waals surface area contributed by atoms with Gasteiger partial charge in [-0.15, -0.1) is 0 Å². The molecule has 0 aliphatic rings. The van der Waals surface area contributed by atoms with E-state index in [0.29, 0.717) is 38.3 Å². The summed E-state index contributed by atoms with van der Waals surface area (Å²) in [4.78, 5) is 39.2. The summed E-state index contributed by atoms with van der Waals surface area (Å²) < 4.78 is 0. The maximum Gasteiger partial charge on any atom is 0.192 e. The lowest BCUT2D eigenvalue weighted by Crippen LogP contribution is -2.15. The number of imidazole rings is 1.